The fourth-order valence-corrected chi connectivity index (χ4v) is 3.37. The maximum Gasteiger partial charge on any atom is 0.303 e. The molecular formula is C14H16O2. The molecule has 0 aliphatic heterocycles. The number of fused-ring (bicyclic) bond motifs is 2. The molecule has 0 heterocycles. The first-order valence-electron chi connectivity index (χ1n) is 6.02. The minimum absolute atomic E-state index is 0.229. The molecule has 2 aliphatic carbocycles. The monoisotopic (exact) mass is 216 g/mol. The summed E-state index contributed by atoms with van der Waals surface area (Å²) >= 11 is 0. The summed E-state index contributed by atoms with van der Waals surface area (Å²) in [5.41, 5.74) is 3.11. The molecule has 1 aromatic rings. The lowest BCUT2D eigenvalue weighted by atomic mass is 9.71. The van der Waals surface area contributed by atoms with Crippen LogP contribution in [0, 0.1) is 5.92 Å². The normalized spacial score (nSPS) is 25.1. The van der Waals surface area contributed by atoms with E-state index in [1.807, 2.05) is 0 Å². The number of rotatable bonds is 2. The molecule has 2 aliphatic rings. The summed E-state index contributed by atoms with van der Waals surface area (Å²) in [6, 6.07) is 8.58. The van der Waals surface area contributed by atoms with Crippen molar-refractivity contribution in [2.45, 2.75) is 37.5 Å². The van der Waals surface area contributed by atoms with Crippen molar-refractivity contribution >= 4 is 5.97 Å². The third-order valence-electron chi connectivity index (χ3n) is 4.31. The van der Waals surface area contributed by atoms with Crippen LogP contribution in [0.5, 0.6) is 0 Å². The van der Waals surface area contributed by atoms with E-state index in [9.17, 15) is 4.79 Å². The molecule has 1 spiro atoms. The standard InChI is InChI=1S/C14H16O2/c15-13(16)9-11-6-5-10-3-1-2-4-12(10)14(11)7-8-14/h1-4,11H,5-9H2,(H,15,16). The Hall–Kier alpha value is -1.31. The number of carboxylic acid groups (broad SMARTS) is 1. The van der Waals surface area contributed by atoms with Gasteiger partial charge in [-0.1, -0.05) is 24.3 Å². The van der Waals surface area contributed by atoms with Crippen molar-refractivity contribution in [3.8, 4) is 0 Å². The minimum Gasteiger partial charge on any atom is -0.481 e. The average Bonchev–Trinajstić information content (AvgIpc) is 3.04. The third kappa shape index (κ3) is 1.36. The van der Waals surface area contributed by atoms with Crippen molar-refractivity contribution < 1.29 is 9.90 Å². The number of hydrogen-bond donors (Lipinski definition) is 1. The molecule has 1 unspecified atom stereocenters. The largest absolute Gasteiger partial charge is 0.481 e. The summed E-state index contributed by atoms with van der Waals surface area (Å²) in [7, 11) is 0. The van der Waals surface area contributed by atoms with E-state index in [1.54, 1.807) is 0 Å². The predicted molar refractivity (Wildman–Crippen MR) is 61.4 cm³/mol. The van der Waals surface area contributed by atoms with E-state index in [-0.39, 0.29) is 5.41 Å². The van der Waals surface area contributed by atoms with Gasteiger partial charge in [0.25, 0.3) is 0 Å². The van der Waals surface area contributed by atoms with Crippen molar-refractivity contribution in [3.63, 3.8) is 0 Å². The van der Waals surface area contributed by atoms with Gasteiger partial charge in [0.1, 0.15) is 0 Å². The van der Waals surface area contributed by atoms with Gasteiger partial charge in [-0.15, -0.1) is 0 Å². The fourth-order valence-electron chi connectivity index (χ4n) is 3.37. The smallest absolute Gasteiger partial charge is 0.303 e. The molecule has 1 atom stereocenters. The Kier molecular flexibility index (Phi) is 2.06. The summed E-state index contributed by atoms with van der Waals surface area (Å²) in [4.78, 5) is 10.9. The van der Waals surface area contributed by atoms with Crippen molar-refractivity contribution in [2.75, 3.05) is 0 Å². The number of carboxylic acids is 1. The summed E-state index contributed by atoms with van der Waals surface area (Å²) < 4.78 is 0. The molecular weight excluding hydrogens is 200 g/mol. The van der Waals surface area contributed by atoms with Crippen LogP contribution in [0.4, 0.5) is 0 Å². The highest BCUT2D eigenvalue weighted by molar-refractivity contribution is 5.67. The molecule has 0 radical (unpaired) electrons. The van der Waals surface area contributed by atoms with Gasteiger partial charge >= 0.3 is 5.97 Å². The highest BCUT2D eigenvalue weighted by atomic mass is 16.4. The van der Waals surface area contributed by atoms with Crippen LogP contribution in [-0.4, -0.2) is 11.1 Å². The summed E-state index contributed by atoms with van der Waals surface area (Å²) in [6.07, 6.45) is 4.80. The summed E-state index contributed by atoms with van der Waals surface area (Å²) in [5, 5.41) is 8.97. The summed E-state index contributed by atoms with van der Waals surface area (Å²) in [6.45, 7) is 0. The molecule has 0 bridgehead atoms. The molecule has 84 valence electrons. The van der Waals surface area contributed by atoms with Crippen molar-refractivity contribution in [3.05, 3.63) is 35.4 Å². The zero-order chi connectivity index (χ0) is 11.2. The molecule has 2 heteroatoms. The van der Waals surface area contributed by atoms with Gasteiger partial charge in [-0.05, 0) is 48.1 Å². The highest BCUT2D eigenvalue weighted by Gasteiger charge is 2.53. The minimum atomic E-state index is -0.643. The van der Waals surface area contributed by atoms with E-state index >= 15 is 0 Å². The molecule has 1 saturated carbocycles. The molecule has 1 aromatic carbocycles. The van der Waals surface area contributed by atoms with Gasteiger partial charge in [-0.25, -0.2) is 0 Å². The average molecular weight is 216 g/mol. The Bertz CT molecular complexity index is 432. The van der Waals surface area contributed by atoms with Gasteiger partial charge in [0, 0.05) is 6.42 Å². The quantitative estimate of drug-likeness (QED) is 0.825. The SMILES string of the molecule is O=C(O)CC1CCc2ccccc2C12CC2. The van der Waals surface area contributed by atoms with Crippen LogP contribution in [0.25, 0.3) is 0 Å². The lowest BCUT2D eigenvalue weighted by molar-refractivity contribution is -0.138. The topological polar surface area (TPSA) is 37.3 Å². The fraction of sp³-hybridized carbons (Fsp3) is 0.500. The van der Waals surface area contributed by atoms with Gasteiger partial charge < -0.3 is 5.11 Å². The first-order chi connectivity index (χ1) is 7.72. The molecule has 0 saturated heterocycles. The Morgan fingerprint density at radius 3 is 2.81 bits per heavy atom. The number of hydrogen-bond acceptors (Lipinski definition) is 1. The second kappa shape index (κ2) is 3.34. The molecule has 0 amide bonds. The van der Waals surface area contributed by atoms with Crippen molar-refractivity contribution in [1.29, 1.82) is 0 Å². The Morgan fingerprint density at radius 2 is 2.12 bits per heavy atom. The molecule has 3 rings (SSSR count). The van der Waals surface area contributed by atoms with Crippen LogP contribution in [0.3, 0.4) is 0 Å². The lowest BCUT2D eigenvalue weighted by Gasteiger charge is -2.33. The van der Waals surface area contributed by atoms with E-state index in [0.717, 1.165) is 12.8 Å². The van der Waals surface area contributed by atoms with Crippen LogP contribution in [0.1, 0.15) is 36.8 Å². The predicted octanol–water partition coefficient (Wildman–Crippen LogP) is 2.76. The number of aryl methyl sites for hydroxylation is 1. The number of benzene rings is 1. The maximum absolute atomic E-state index is 10.9. The first-order valence-corrected chi connectivity index (χ1v) is 6.02. The molecule has 1 fully saturated rings. The lowest BCUT2D eigenvalue weighted by Crippen LogP contribution is -2.29. The molecule has 1 N–H and O–H groups in total. The van der Waals surface area contributed by atoms with E-state index in [4.69, 9.17) is 5.11 Å². The molecule has 0 aromatic heterocycles. The number of aliphatic carboxylic acids is 1. The molecule has 16 heavy (non-hydrogen) atoms. The van der Waals surface area contributed by atoms with Crippen molar-refractivity contribution in [2.24, 2.45) is 5.92 Å². The first kappa shape index (κ1) is 9.88. The second-order valence-corrected chi connectivity index (χ2v) is 5.15. The highest BCUT2D eigenvalue weighted by Crippen LogP contribution is 2.59. The van der Waals surface area contributed by atoms with E-state index < -0.39 is 5.97 Å². The molecule has 2 nitrogen and oxygen atoms in total. The third-order valence-corrected chi connectivity index (χ3v) is 4.31. The Morgan fingerprint density at radius 1 is 1.38 bits per heavy atom. The van der Waals surface area contributed by atoms with Gasteiger partial charge in [-0.3, -0.25) is 4.79 Å². The Labute approximate surface area is 95.3 Å². The summed E-state index contributed by atoms with van der Waals surface area (Å²) in [5.74, 6) is -0.282. The Balaban J connectivity index is 1.97. The van der Waals surface area contributed by atoms with Crippen molar-refractivity contribution in [1.82, 2.24) is 0 Å². The van der Waals surface area contributed by atoms with E-state index in [0.29, 0.717) is 12.3 Å². The zero-order valence-corrected chi connectivity index (χ0v) is 9.28. The van der Waals surface area contributed by atoms with E-state index in [2.05, 4.69) is 24.3 Å². The van der Waals surface area contributed by atoms with E-state index in [1.165, 1.54) is 24.0 Å². The van der Waals surface area contributed by atoms with Gasteiger partial charge in [0.15, 0.2) is 0 Å². The maximum atomic E-state index is 10.9. The van der Waals surface area contributed by atoms with Gasteiger partial charge in [0.05, 0.1) is 0 Å². The van der Waals surface area contributed by atoms with Crippen LogP contribution in [-0.2, 0) is 16.6 Å². The zero-order valence-electron chi connectivity index (χ0n) is 9.28. The second-order valence-electron chi connectivity index (χ2n) is 5.15. The van der Waals surface area contributed by atoms with Crippen LogP contribution >= 0.6 is 0 Å². The van der Waals surface area contributed by atoms with Crippen LogP contribution in [0.15, 0.2) is 24.3 Å². The van der Waals surface area contributed by atoms with Crippen LogP contribution in [0.2, 0.25) is 0 Å². The van der Waals surface area contributed by atoms with Gasteiger partial charge in [-0.2, -0.15) is 0 Å². The van der Waals surface area contributed by atoms with Gasteiger partial charge in [0.2, 0.25) is 0 Å². The number of carbonyl (C=O) groups is 1. The van der Waals surface area contributed by atoms with Crippen LogP contribution < -0.4 is 0 Å².